The van der Waals surface area contributed by atoms with E-state index in [0.717, 1.165) is 10.4 Å². The summed E-state index contributed by atoms with van der Waals surface area (Å²) in [6.07, 6.45) is 0. The first-order valence-corrected chi connectivity index (χ1v) is 7.13. The lowest BCUT2D eigenvalue weighted by Crippen LogP contribution is -2.19. The van der Waals surface area contributed by atoms with Gasteiger partial charge < -0.3 is 14.8 Å². The Morgan fingerprint density at radius 3 is 2.35 bits per heavy atom. The Hall–Kier alpha value is -1.59. The second kappa shape index (κ2) is 6.24. The van der Waals surface area contributed by atoms with Crippen molar-refractivity contribution < 1.29 is 13.9 Å². The minimum Gasteiger partial charge on any atom is -0.493 e. The van der Waals surface area contributed by atoms with Gasteiger partial charge in [-0.1, -0.05) is 0 Å². The average Bonchev–Trinajstić information content (AvgIpc) is 2.87. The lowest BCUT2D eigenvalue weighted by atomic mass is 10.0. The van der Waals surface area contributed by atoms with Crippen LogP contribution in [-0.4, -0.2) is 21.3 Å². The van der Waals surface area contributed by atoms with E-state index in [1.807, 2.05) is 25.4 Å². The lowest BCUT2D eigenvalue weighted by molar-refractivity contribution is 0.351. The van der Waals surface area contributed by atoms with Crippen molar-refractivity contribution in [3.63, 3.8) is 0 Å². The normalized spacial score (nSPS) is 12.2. The van der Waals surface area contributed by atoms with E-state index in [4.69, 9.17) is 9.47 Å². The highest BCUT2D eigenvalue weighted by molar-refractivity contribution is 7.10. The Kier molecular flexibility index (Phi) is 4.62. The number of methoxy groups -OCH3 is 2. The SMILES string of the molecule is CNC(c1cc(OC)c(OC)cc1F)c1sccc1C. The first-order valence-electron chi connectivity index (χ1n) is 6.25. The molecule has 0 spiro atoms. The van der Waals surface area contributed by atoms with Gasteiger partial charge in [-0.15, -0.1) is 11.3 Å². The van der Waals surface area contributed by atoms with Crippen LogP contribution in [0.15, 0.2) is 23.6 Å². The third kappa shape index (κ3) is 2.64. The summed E-state index contributed by atoms with van der Waals surface area (Å²) in [4.78, 5) is 1.10. The van der Waals surface area contributed by atoms with E-state index < -0.39 is 0 Å². The van der Waals surface area contributed by atoms with Crippen molar-refractivity contribution in [2.75, 3.05) is 21.3 Å². The maximum atomic E-state index is 14.3. The first-order chi connectivity index (χ1) is 9.62. The second-order valence-corrected chi connectivity index (χ2v) is 5.37. The molecule has 2 aromatic rings. The molecule has 0 aliphatic carbocycles. The molecule has 3 nitrogen and oxygen atoms in total. The minimum absolute atomic E-state index is 0.199. The number of thiophene rings is 1. The summed E-state index contributed by atoms with van der Waals surface area (Å²) in [7, 11) is 4.86. The van der Waals surface area contributed by atoms with Crippen LogP contribution >= 0.6 is 11.3 Å². The zero-order valence-electron chi connectivity index (χ0n) is 12.0. The predicted octanol–water partition coefficient (Wildman–Crippen LogP) is 3.52. The molecule has 0 fully saturated rings. The summed E-state index contributed by atoms with van der Waals surface area (Å²) in [5, 5.41) is 5.17. The molecule has 0 saturated carbocycles. The van der Waals surface area contributed by atoms with Crippen LogP contribution in [0.5, 0.6) is 11.5 Å². The molecular formula is C15H18FNO2S. The van der Waals surface area contributed by atoms with Gasteiger partial charge in [0, 0.05) is 16.5 Å². The summed E-state index contributed by atoms with van der Waals surface area (Å²) >= 11 is 1.61. The lowest BCUT2D eigenvalue weighted by Gasteiger charge is -2.19. The fourth-order valence-electron chi connectivity index (χ4n) is 2.20. The van der Waals surface area contributed by atoms with Gasteiger partial charge >= 0.3 is 0 Å². The molecular weight excluding hydrogens is 277 g/mol. The molecule has 1 N–H and O–H groups in total. The van der Waals surface area contributed by atoms with Gasteiger partial charge in [-0.2, -0.15) is 0 Å². The van der Waals surface area contributed by atoms with Crippen molar-refractivity contribution in [3.8, 4) is 11.5 Å². The largest absolute Gasteiger partial charge is 0.493 e. The second-order valence-electron chi connectivity index (χ2n) is 4.42. The van der Waals surface area contributed by atoms with E-state index in [0.29, 0.717) is 17.1 Å². The third-order valence-corrected chi connectivity index (χ3v) is 4.35. The molecule has 1 aromatic carbocycles. The summed E-state index contributed by atoms with van der Waals surface area (Å²) in [5.41, 5.74) is 1.69. The quantitative estimate of drug-likeness (QED) is 0.915. The molecule has 20 heavy (non-hydrogen) atoms. The molecule has 0 radical (unpaired) electrons. The van der Waals surface area contributed by atoms with Crippen molar-refractivity contribution >= 4 is 11.3 Å². The van der Waals surface area contributed by atoms with Crippen LogP contribution in [0.2, 0.25) is 0 Å². The van der Waals surface area contributed by atoms with Gasteiger partial charge in [0.2, 0.25) is 0 Å². The van der Waals surface area contributed by atoms with Gasteiger partial charge in [0.25, 0.3) is 0 Å². The van der Waals surface area contributed by atoms with Crippen molar-refractivity contribution in [3.05, 3.63) is 45.4 Å². The van der Waals surface area contributed by atoms with E-state index in [9.17, 15) is 4.39 Å². The highest BCUT2D eigenvalue weighted by Crippen LogP contribution is 2.36. The number of benzene rings is 1. The molecule has 0 amide bonds. The van der Waals surface area contributed by atoms with Gasteiger partial charge in [-0.3, -0.25) is 0 Å². The summed E-state index contributed by atoms with van der Waals surface area (Å²) < 4.78 is 24.7. The zero-order valence-corrected chi connectivity index (χ0v) is 12.8. The Labute approximate surface area is 122 Å². The van der Waals surface area contributed by atoms with Crippen molar-refractivity contribution in [1.29, 1.82) is 0 Å². The summed E-state index contributed by atoms with van der Waals surface area (Å²) in [5.74, 6) is 0.611. The number of halogens is 1. The van der Waals surface area contributed by atoms with Crippen LogP contribution in [0.3, 0.4) is 0 Å². The molecule has 0 bridgehead atoms. The highest BCUT2D eigenvalue weighted by atomic mass is 32.1. The molecule has 0 aliphatic rings. The summed E-state index contributed by atoms with van der Waals surface area (Å²) in [6, 6.07) is 4.88. The van der Waals surface area contributed by atoms with E-state index in [-0.39, 0.29) is 11.9 Å². The first kappa shape index (κ1) is 14.8. The zero-order chi connectivity index (χ0) is 14.7. The molecule has 1 heterocycles. The fraction of sp³-hybridized carbons (Fsp3) is 0.333. The number of hydrogen-bond acceptors (Lipinski definition) is 4. The number of ether oxygens (including phenoxy) is 2. The standard InChI is InChI=1S/C15H18FNO2S/c1-9-5-6-20-15(9)14(17-2)10-7-12(18-3)13(19-4)8-11(10)16/h5-8,14,17H,1-4H3. The van der Waals surface area contributed by atoms with E-state index in [1.54, 1.807) is 24.5 Å². The van der Waals surface area contributed by atoms with Crippen molar-refractivity contribution in [1.82, 2.24) is 5.32 Å². The van der Waals surface area contributed by atoms with Gasteiger partial charge in [0.05, 0.1) is 20.3 Å². The molecule has 1 atom stereocenters. The number of rotatable bonds is 5. The maximum absolute atomic E-state index is 14.3. The van der Waals surface area contributed by atoms with Crippen molar-refractivity contribution in [2.24, 2.45) is 0 Å². The van der Waals surface area contributed by atoms with Gasteiger partial charge in [0.15, 0.2) is 11.5 Å². The van der Waals surface area contributed by atoms with E-state index in [2.05, 4.69) is 5.32 Å². The van der Waals surface area contributed by atoms with Crippen LogP contribution < -0.4 is 14.8 Å². The van der Waals surface area contributed by atoms with Crippen LogP contribution in [0, 0.1) is 12.7 Å². The number of nitrogens with one attached hydrogen (secondary N) is 1. The molecule has 5 heteroatoms. The molecule has 0 saturated heterocycles. The maximum Gasteiger partial charge on any atom is 0.163 e. The Balaban J connectivity index is 2.52. The van der Waals surface area contributed by atoms with Gasteiger partial charge in [-0.25, -0.2) is 4.39 Å². The highest BCUT2D eigenvalue weighted by Gasteiger charge is 2.21. The van der Waals surface area contributed by atoms with Crippen LogP contribution in [-0.2, 0) is 0 Å². The Morgan fingerprint density at radius 2 is 1.85 bits per heavy atom. The number of aryl methyl sites for hydroxylation is 1. The van der Waals surface area contributed by atoms with Gasteiger partial charge in [0.1, 0.15) is 5.82 Å². The molecule has 1 unspecified atom stereocenters. The smallest absolute Gasteiger partial charge is 0.163 e. The molecule has 0 aliphatic heterocycles. The van der Waals surface area contributed by atoms with Crippen molar-refractivity contribution in [2.45, 2.75) is 13.0 Å². The average molecular weight is 295 g/mol. The fourth-order valence-corrected chi connectivity index (χ4v) is 3.25. The van der Waals surface area contributed by atoms with E-state index in [1.165, 1.54) is 13.2 Å². The summed E-state index contributed by atoms with van der Waals surface area (Å²) in [6.45, 7) is 2.02. The predicted molar refractivity (Wildman–Crippen MR) is 79.5 cm³/mol. The monoisotopic (exact) mass is 295 g/mol. The van der Waals surface area contributed by atoms with Gasteiger partial charge in [-0.05, 0) is 37.0 Å². The Morgan fingerprint density at radius 1 is 1.20 bits per heavy atom. The van der Waals surface area contributed by atoms with E-state index >= 15 is 0 Å². The van der Waals surface area contributed by atoms with Crippen LogP contribution in [0.1, 0.15) is 22.0 Å². The third-order valence-electron chi connectivity index (χ3n) is 3.27. The topological polar surface area (TPSA) is 30.5 Å². The molecule has 2 rings (SSSR count). The van der Waals surface area contributed by atoms with Crippen LogP contribution in [0.25, 0.3) is 0 Å². The Bertz CT molecular complexity index is 598. The number of hydrogen-bond donors (Lipinski definition) is 1. The minimum atomic E-state index is -0.310. The van der Waals surface area contributed by atoms with Crippen LogP contribution in [0.4, 0.5) is 4.39 Å². The molecule has 108 valence electrons. The molecule has 1 aromatic heterocycles.